The lowest BCUT2D eigenvalue weighted by atomic mass is 9.83. The van der Waals surface area contributed by atoms with Crippen LogP contribution in [-0.2, 0) is 0 Å². The van der Waals surface area contributed by atoms with Gasteiger partial charge in [-0.05, 0) is 38.9 Å². The fourth-order valence-electron chi connectivity index (χ4n) is 3.04. The highest BCUT2D eigenvalue weighted by atomic mass is 15.3. The summed E-state index contributed by atoms with van der Waals surface area (Å²) in [4.78, 5) is 2.49. The molecule has 3 nitrogen and oxygen atoms in total. The van der Waals surface area contributed by atoms with Gasteiger partial charge < -0.3 is 0 Å². The summed E-state index contributed by atoms with van der Waals surface area (Å²) in [5, 5.41) is 0. The average Bonchev–Trinajstić information content (AvgIpc) is 2.41. The number of nitrogens with one attached hydrogen (secondary N) is 1. The summed E-state index contributed by atoms with van der Waals surface area (Å²) in [5.74, 6) is 5.89. The van der Waals surface area contributed by atoms with Gasteiger partial charge >= 0.3 is 0 Å². The molecule has 0 aliphatic rings. The maximum absolute atomic E-state index is 5.89. The quantitative estimate of drug-likeness (QED) is 0.587. The number of nitrogens with two attached hydrogens (primary N) is 1. The van der Waals surface area contributed by atoms with Crippen molar-refractivity contribution in [2.45, 2.75) is 52.6 Å². The van der Waals surface area contributed by atoms with Crippen molar-refractivity contribution >= 4 is 0 Å². The third-order valence-electron chi connectivity index (χ3n) is 4.37. The number of nitrogens with zero attached hydrogens (tertiary/aromatic N) is 1. The Kier molecular flexibility index (Phi) is 5.98. The highest BCUT2D eigenvalue weighted by Gasteiger charge is 2.37. The molecule has 0 aliphatic heterocycles. The number of hydrazine groups is 1. The minimum Gasteiger partial charge on any atom is -0.297 e. The number of hydrogen-bond acceptors (Lipinski definition) is 3. The Morgan fingerprint density at radius 3 is 2.32 bits per heavy atom. The number of hydrogen-bond donors (Lipinski definition) is 2. The molecule has 0 bridgehead atoms. The van der Waals surface area contributed by atoms with Crippen molar-refractivity contribution in [1.82, 2.24) is 10.3 Å². The Bertz CT molecular complexity index is 387. The standard InChI is InChI=1S/C16H29N3/c1-6-16(5,19(7-2)8-3)15(18-17)14-11-9-10-13(4)12-14/h9-12,15,18H,6-8,17H2,1-5H3. The molecule has 0 saturated carbocycles. The van der Waals surface area contributed by atoms with Crippen LogP contribution >= 0.6 is 0 Å². The fraction of sp³-hybridized carbons (Fsp3) is 0.625. The van der Waals surface area contributed by atoms with Gasteiger partial charge in [0.1, 0.15) is 0 Å². The molecule has 0 fully saturated rings. The number of rotatable bonds is 7. The molecular formula is C16H29N3. The lowest BCUT2D eigenvalue weighted by molar-refractivity contribution is 0.0698. The molecule has 2 atom stereocenters. The summed E-state index contributed by atoms with van der Waals surface area (Å²) < 4.78 is 0. The molecule has 0 aromatic heterocycles. The van der Waals surface area contributed by atoms with E-state index < -0.39 is 0 Å². The molecule has 19 heavy (non-hydrogen) atoms. The summed E-state index contributed by atoms with van der Waals surface area (Å²) in [6.45, 7) is 13.1. The molecule has 0 heterocycles. The molecule has 108 valence electrons. The first-order valence-electron chi connectivity index (χ1n) is 7.31. The zero-order chi connectivity index (χ0) is 14.5. The first-order valence-corrected chi connectivity index (χ1v) is 7.31. The van der Waals surface area contributed by atoms with Crippen molar-refractivity contribution in [3.8, 4) is 0 Å². The minimum atomic E-state index is 0.0199. The molecule has 0 aliphatic carbocycles. The van der Waals surface area contributed by atoms with Crippen LogP contribution in [-0.4, -0.2) is 23.5 Å². The lowest BCUT2D eigenvalue weighted by Crippen LogP contribution is -2.55. The largest absolute Gasteiger partial charge is 0.297 e. The minimum absolute atomic E-state index is 0.0199. The van der Waals surface area contributed by atoms with Crippen molar-refractivity contribution in [3.63, 3.8) is 0 Å². The molecule has 0 amide bonds. The van der Waals surface area contributed by atoms with Crippen LogP contribution in [0.5, 0.6) is 0 Å². The van der Waals surface area contributed by atoms with Crippen LogP contribution in [0.4, 0.5) is 0 Å². The second-order valence-electron chi connectivity index (χ2n) is 5.40. The average molecular weight is 263 g/mol. The maximum atomic E-state index is 5.89. The Labute approximate surface area is 118 Å². The van der Waals surface area contributed by atoms with Gasteiger partial charge in [0.15, 0.2) is 0 Å². The SMILES string of the molecule is CCN(CC)C(C)(CC)C(NN)c1cccc(C)c1. The van der Waals surface area contributed by atoms with E-state index in [1.807, 2.05) is 0 Å². The van der Waals surface area contributed by atoms with E-state index in [2.05, 4.69) is 69.2 Å². The second-order valence-corrected chi connectivity index (χ2v) is 5.40. The predicted octanol–water partition coefficient (Wildman–Crippen LogP) is 3.01. The lowest BCUT2D eigenvalue weighted by Gasteiger charge is -2.45. The fourth-order valence-corrected chi connectivity index (χ4v) is 3.04. The third-order valence-corrected chi connectivity index (χ3v) is 4.37. The van der Waals surface area contributed by atoms with Crippen molar-refractivity contribution < 1.29 is 0 Å². The van der Waals surface area contributed by atoms with Gasteiger partial charge in [0.2, 0.25) is 0 Å². The van der Waals surface area contributed by atoms with Gasteiger partial charge in [-0.2, -0.15) is 0 Å². The van der Waals surface area contributed by atoms with E-state index in [1.165, 1.54) is 11.1 Å². The molecule has 0 spiro atoms. The van der Waals surface area contributed by atoms with E-state index in [1.54, 1.807) is 0 Å². The van der Waals surface area contributed by atoms with Gasteiger partial charge in [-0.15, -0.1) is 0 Å². The third kappa shape index (κ3) is 3.35. The highest BCUT2D eigenvalue weighted by molar-refractivity contribution is 5.27. The van der Waals surface area contributed by atoms with Crippen LogP contribution in [0.15, 0.2) is 24.3 Å². The monoisotopic (exact) mass is 263 g/mol. The van der Waals surface area contributed by atoms with Gasteiger partial charge in [0, 0.05) is 5.54 Å². The zero-order valence-corrected chi connectivity index (χ0v) is 13.0. The molecule has 1 aromatic rings. The topological polar surface area (TPSA) is 41.3 Å². The van der Waals surface area contributed by atoms with Gasteiger partial charge in [0.05, 0.1) is 6.04 Å². The van der Waals surface area contributed by atoms with E-state index in [0.717, 1.165) is 19.5 Å². The Hall–Kier alpha value is -0.900. The van der Waals surface area contributed by atoms with Gasteiger partial charge in [0.25, 0.3) is 0 Å². The smallest absolute Gasteiger partial charge is 0.0641 e. The first kappa shape index (κ1) is 16.2. The van der Waals surface area contributed by atoms with Crippen molar-refractivity contribution in [3.05, 3.63) is 35.4 Å². The normalized spacial score (nSPS) is 16.4. The van der Waals surface area contributed by atoms with Gasteiger partial charge in [-0.1, -0.05) is 50.6 Å². The molecule has 1 rings (SSSR count). The van der Waals surface area contributed by atoms with Crippen LogP contribution in [0.2, 0.25) is 0 Å². The van der Waals surface area contributed by atoms with E-state index in [0.29, 0.717) is 0 Å². The van der Waals surface area contributed by atoms with Gasteiger partial charge in [-0.3, -0.25) is 16.2 Å². The number of aryl methyl sites for hydroxylation is 1. The van der Waals surface area contributed by atoms with Crippen LogP contribution in [0.3, 0.4) is 0 Å². The van der Waals surface area contributed by atoms with Gasteiger partial charge in [-0.25, -0.2) is 0 Å². The predicted molar refractivity (Wildman–Crippen MR) is 82.9 cm³/mol. The second kappa shape index (κ2) is 7.04. The van der Waals surface area contributed by atoms with Crippen LogP contribution in [0.1, 0.15) is 51.3 Å². The maximum Gasteiger partial charge on any atom is 0.0641 e. The summed E-state index contributed by atoms with van der Waals surface area (Å²) in [6.07, 6.45) is 1.05. The molecule has 2 unspecified atom stereocenters. The van der Waals surface area contributed by atoms with E-state index >= 15 is 0 Å². The summed E-state index contributed by atoms with van der Waals surface area (Å²) in [5.41, 5.74) is 5.60. The van der Waals surface area contributed by atoms with Crippen LogP contribution in [0, 0.1) is 6.92 Å². The Balaban J connectivity index is 3.18. The first-order chi connectivity index (χ1) is 9.03. The molecule has 3 N–H and O–H groups in total. The Morgan fingerprint density at radius 2 is 1.89 bits per heavy atom. The van der Waals surface area contributed by atoms with E-state index in [4.69, 9.17) is 5.84 Å². The molecule has 0 saturated heterocycles. The molecular weight excluding hydrogens is 234 g/mol. The van der Waals surface area contributed by atoms with Crippen molar-refractivity contribution in [2.75, 3.05) is 13.1 Å². The molecule has 1 aromatic carbocycles. The highest BCUT2D eigenvalue weighted by Crippen LogP contribution is 2.33. The van der Waals surface area contributed by atoms with Crippen molar-refractivity contribution in [1.29, 1.82) is 0 Å². The number of likely N-dealkylation sites (N-methyl/N-ethyl adjacent to an activating group) is 1. The van der Waals surface area contributed by atoms with Crippen LogP contribution < -0.4 is 11.3 Å². The molecule has 3 heteroatoms. The van der Waals surface area contributed by atoms with Crippen molar-refractivity contribution in [2.24, 2.45) is 5.84 Å². The summed E-state index contributed by atoms with van der Waals surface area (Å²) in [7, 11) is 0. The van der Waals surface area contributed by atoms with E-state index in [-0.39, 0.29) is 11.6 Å². The Morgan fingerprint density at radius 1 is 1.26 bits per heavy atom. The number of benzene rings is 1. The molecule has 0 radical (unpaired) electrons. The summed E-state index contributed by atoms with van der Waals surface area (Å²) in [6, 6.07) is 8.75. The zero-order valence-electron chi connectivity index (χ0n) is 13.0. The van der Waals surface area contributed by atoms with E-state index in [9.17, 15) is 0 Å². The summed E-state index contributed by atoms with van der Waals surface area (Å²) >= 11 is 0. The van der Waals surface area contributed by atoms with Crippen LogP contribution in [0.25, 0.3) is 0 Å².